The van der Waals surface area contributed by atoms with E-state index in [9.17, 15) is 14.7 Å². The minimum absolute atomic E-state index is 0.253. The van der Waals surface area contributed by atoms with Crippen LogP contribution in [-0.2, 0) is 14.3 Å². The zero-order chi connectivity index (χ0) is 17.9. The van der Waals surface area contributed by atoms with Crippen molar-refractivity contribution in [2.24, 2.45) is 11.8 Å². The third-order valence-corrected chi connectivity index (χ3v) is 5.63. The van der Waals surface area contributed by atoms with Crippen molar-refractivity contribution < 1.29 is 19.4 Å². The van der Waals surface area contributed by atoms with Crippen LogP contribution in [0, 0.1) is 11.8 Å². The normalized spacial score (nSPS) is 31.7. The first-order chi connectivity index (χ1) is 12.6. The van der Waals surface area contributed by atoms with Crippen LogP contribution in [0.5, 0.6) is 0 Å². The lowest BCUT2D eigenvalue weighted by Crippen LogP contribution is -2.43. The van der Waals surface area contributed by atoms with Crippen molar-refractivity contribution in [1.29, 1.82) is 0 Å². The minimum Gasteiger partial charge on any atom is -0.393 e. The van der Waals surface area contributed by atoms with Crippen LogP contribution in [0.2, 0.25) is 0 Å². The fourth-order valence-corrected chi connectivity index (χ4v) is 4.37. The molecular formula is C21H17NO4. The molecule has 0 aliphatic carbocycles. The Labute approximate surface area is 150 Å². The molecular weight excluding hydrogens is 330 g/mol. The maximum absolute atomic E-state index is 13.0. The third kappa shape index (κ3) is 1.92. The number of hydrogen-bond acceptors (Lipinski definition) is 4. The van der Waals surface area contributed by atoms with Gasteiger partial charge in [-0.3, -0.25) is 9.59 Å². The Hall–Kier alpha value is -2.76. The van der Waals surface area contributed by atoms with Crippen molar-refractivity contribution in [3.05, 3.63) is 66.7 Å². The summed E-state index contributed by atoms with van der Waals surface area (Å²) < 4.78 is 5.75. The summed E-state index contributed by atoms with van der Waals surface area (Å²) >= 11 is 0. The second-order valence-electron chi connectivity index (χ2n) is 6.98. The Morgan fingerprint density at radius 1 is 0.962 bits per heavy atom. The van der Waals surface area contributed by atoms with Gasteiger partial charge in [0.15, 0.2) is 0 Å². The Morgan fingerprint density at radius 3 is 2.35 bits per heavy atom. The highest BCUT2D eigenvalue weighted by molar-refractivity contribution is 6.23. The zero-order valence-corrected chi connectivity index (χ0v) is 13.9. The van der Waals surface area contributed by atoms with Crippen LogP contribution in [0.15, 0.2) is 66.7 Å². The summed E-state index contributed by atoms with van der Waals surface area (Å²) in [6, 6.07) is 17.3. The SMILES string of the molecule is O=C1[C@@H]2[C@H]3C=C[C@@](CO)(O3)[C@H]2C(=O)N1c1ccc(-c2ccccc2)cc1. The molecule has 0 saturated carbocycles. The van der Waals surface area contributed by atoms with Gasteiger partial charge in [-0.2, -0.15) is 0 Å². The number of ether oxygens (including phenoxy) is 1. The number of rotatable bonds is 3. The van der Waals surface area contributed by atoms with Crippen molar-refractivity contribution in [3.63, 3.8) is 0 Å². The summed E-state index contributed by atoms with van der Waals surface area (Å²) in [6.07, 6.45) is 3.08. The summed E-state index contributed by atoms with van der Waals surface area (Å²) in [5.41, 5.74) is 1.60. The quantitative estimate of drug-likeness (QED) is 0.682. The summed E-state index contributed by atoms with van der Waals surface area (Å²) in [7, 11) is 0. The molecule has 3 aliphatic heterocycles. The number of anilines is 1. The zero-order valence-electron chi connectivity index (χ0n) is 13.9. The molecule has 26 heavy (non-hydrogen) atoms. The molecule has 0 unspecified atom stereocenters. The van der Waals surface area contributed by atoms with Gasteiger partial charge in [0, 0.05) is 0 Å². The molecule has 2 bridgehead atoms. The maximum Gasteiger partial charge on any atom is 0.241 e. The molecule has 3 aliphatic rings. The van der Waals surface area contributed by atoms with Crippen molar-refractivity contribution >= 4 is 17.5 Å². The number of benzene rings is 2. The molecule has 5 nitrogen and oxygen atoms in total. The maximum atomic E-state index is 13.0. The fourth-order valence-electron chi connectivity index (χ4n) is 4.37. The van der Waals surface area contributed by atoms with Gasteiger partial charge in [0.25, 0.3) is 0 Å². The Balaban J connectivity index is 1.49. The monoisotopic (exact) mass is 347 g/mol. The predicted molar refractivity (Wildman–Crippen MR) is 95.2 cm³/mol. The van der Waals surface area contributed by atoms with Gasteiger partial charge in [0.2, 0.25) is 11.8 Å². The smallest absolute Gasteiger partial charge is 0.241 e. The van der Waals surface area contributed by atoms with Gasteiger partial charge in [-0.1, -0.05) is 54.6 Å². The number of aliphatic hydroxyl groups excluding tert-OH is 1. The van der Waals surface area contributed by atoms with E-state index in [4.69, 9.17) is 4.74 Å². The first kappa shape index (κ1) is 15.5. The first-order valence-corrected chi connectivity index (χ1v) is 8.66. The van der Waals surface area contributed by atoms with E-state index in [1.165, 1.54) is 4.90 Å². The number of fused-ring (bicyclic) bond motifs is 5. The highest BCUT2D eigenvalue weighted by Crippen LogP contribution is 2.52. The average Bonchev–Trinajstić information content (AvgIpc) is 3.33. The topological polar surface area (TPSA) is 66.8 Å². The Kier molecular flexibility index (Phi) is 3.20. The second-order valence-corrected chi connectivity index (χ2v) is 6.98. The number of hydrogen-bond donors (Lipinski definition) is 1. The standard InChI is InChI=1S/C21H17NO4/c23-12-21-11-10-16(26-21)17-18(21)20(25)22(19(17)24)15-8-6-14(7-9-15)13-4-2-1-3-5-13/h1-11,16-18,23H,12H2/t16-,17-,18-,21+/m1/s1. The van der Waals surface area contributed by atoms with E-state index in [0.717, 1.165) is 11.1 Å². The van der Waals surface area contributed by atoms with E-state index >= 15 is 0 Å². The van der Waals surface area contributed by atoms with Crippen LogP contribution >= 0.6 is 0 Å². The number of carbonyl (C=O) groups is 2. The summed E-state index contributed by atoms with van der Waals surface area (Å²) in [5.74, 6) is -1.75. The van der Waals surface area contributed by atoms with Crippen molar-refractivity contribution in [3.8, 4) is 11.1 Å². The average molecular weight is 347 g/mol. The first-order valence-electron chi connectivity index (χ1n) is 8.66. The highest BCUT2D eigenvalue weighted by atomic mass is 16.5. The minimum atomic E-state index is -1.05. The van der Waals surface area contributed by atoms with E-state index in [-0.39, 0.29) is 18.4 Å². The van der Waals surface area contributed by atoms with Gasteiger partial charge in [0.05, 0.1) is 30.2 Å². The van der Waals surface area contributed by atoms with Gasteiger partial charge >= 0.3 is 0 Å². The summed E-state index contributed by atoms with van der Waals surface area (Å²) in [6.45, 7) is -0.305. The van der Waals surface area contributed by atoms with Crippen molar-refractivity contribution in [1.82, 2.24) is 0 Å². The summed E-state index contributed by atoms with van der Waals surface area (Å²) in [5, 5.41) is 9.76. The Bertz CT molecular complexity index is 921. The number of carbonyl (C=O) groups excluding carboxylic acids is 2. The molecule has 2 aromatic rings. The van der Waals surface area contributed by atoms with Crippen LogP contribution in [0.3, 0.4) is 0 Å². The van der Waals surface area contributed by atoms with E-state index in [1.807, 2.05) is 42.5 Å². The van der Waals surface area contributed by atoms with Gasteiger partial charge < -0.3 is 9.84 Å². The number of amides is 2. The molecule has 4 atom stereocenters. The van der Waals surface area contributed by atoms with Gasteiger partial charge in [-0.15, -0.1) is 0 Å². The fraction of sp³-hybridized carbons (Fsp3) is 0.238. The number of aliphatic hydroxyl groups is 1. The predicted octanol–water partition coefficient (Wildman–Crippen LogP) is 2.16. The number of imide groups is 1. The third-order valence-electron chi connectivity index (χ3n) is 5.63. The lowest BCUT2D eigenvalue weighted by atomic mass is 9.77. The van der Waals surface area contributed by atoms with E-state index in [1.54, 1.807) is 24.3 Å². The molecule has 2 amide bonds. The van der Waals surface area contributed by atoms with Crippen molar-refractivity contribution in [2.75, 3.05) is 11.5 Å². The van der Waals surface area contributed by atoms with Crippen LogP contribution in [0.4, 0.5) is 5.69 Å². The lowest BCUT2D eigenvalue weighted by molar-refractivity contribution is -0.128. The van der Waals surface area contributed by atoms with Gasteiger partial charge in [-0.05, 0) is 23.3 Å². The molecule has 0 radical (unpaired) electrons. The van der Waals surface area contributed by atoms with Crippen LogP contribution < -0.4 is 4.90 Å². The van der Waals surface area contributed by atoms with Crippen LogP contribution in [0.1, 0.15) is 0 Å². The van der Waals surface area contributed by atoms with Crippen LogP contribution in [0.25, 0.3) is 11.1 Å². The molecule has 0 spiro atoms. The van der Waals surface area contributed by atoms with Gasteiger partial charge in [0.1, 0.15) is 5.60 Å². The van der Waals surface area contributed by atoms with E-state index in [2.05, 4.69) is 0 Å². The number of nitrogens with zero attached hydrogens (tertiary/aromatic N) is 1. The molecule has 3 heterocycles. The summed E-state index contributed by atoms with van der Waals surface area (Å²) in [4.78, 5) is 27.1. The molecule has 0 aromatic heterocycles. The van der Waals surface area contributed by atoms with Gasteiger partial charge in [-0.25, -0.2) is 4.90 Å². The van der Waals surface area contributed by atoms with Crippen LogP contribution in [-0.4, -0.2) is 35.2 Å². The largest absolute Gasteiger partial charge is 0.393 e. The van der Waals surface area contributed by atoms with E-state index < -0.39 is 23.5 Å². The Morgan fingerprint density at radius 2 is 1.65 bits per heavy atom. The molecule has 130 valence electrons. The molecule has 5 rings (SSSR count). The van der Waals surface area contributed by atoms with Crippen molar-refractivity contribution in [2.45, 2.75) is 11.7 Å². The lowest BCUT2D eigenvalue weighted by Gasteiger charge is -2.26. The molecule has 2 fully saturated rings. The highest BCUT2D eigenvalue weighted by Gasteiger charge is 2.67. The molecule has 2 saturated heterocycles. The molecule has 5 heteroatoms. The van der Waals surface area contributed by atoms with E-state index in [0.29, 0.717) is 5.69 Å². The molecule has 2 aromatic carbocycles. The second kappa shape index (κ2) is 5.37. The molecule has 1 N–H and O–H groups in total.